The van der Waals surface area contributed by atoms with Gasteiger partial charge in [-0.1, -0.05) is 55.4 Å². The number of carbonyl (C=O) groups is 1. The molecule has 2 heteroatoms. The van der Waals surface area contributed by atoms with Gasteiger partial charge in [0.1, 0.15) is 0 Å². The van der Waals surface area contributed by atoms with Crippen molar-refractivity contribution in [1.82, 2.24) is 0 Å². The van der Waals surface area contributed by atoms with Gasteiger partial charge in [-0.05, 0) is 56.6 Å². The summed E-state index contributed by atoms with van der Waals surface area (Å²) in [6, 6.07) is 0. The zero-order chi connectivity index (χ0) is 16.8. The van der Waals surface area contributed by atoms with Crippen LogP contribution in [0.15, 0.2) is 58.5 Å². The zero-order valence-corrected chi connectivity index (χ0v) is 14.4. The fraction of sp³-hybridized carbons (Fsp3) is 0.450. The highest BCUT2D eigenvalue weighted by Gasteiger charge is 2.26. The van der Waals surface area contributed by atoms with E-state index in [0.29, 0.717) is 5.57 Å². The minimum Gasteiger partial charge on any atom is -0.295 e. The Morgan fingerprint density at radius 3 is 2.50 bits per heavy atom. The third-order valence-corrected chi connectivity index (χ3v) is 4.24. The molecule has 22 heavy (non-hydrogen) atoms. The van der Waals surface area contributed by atoms with Crippen LogP contribution in [0, 0.1) is 5.41 Å². The number of allylic oxidation sites excluding steroid dienone is 10. The average Bonchev–Trinajstić information content (AvgIpc) is 2.45. The molecule has 0 aromatic rings. The van der Waals surface area contributed by atoms with E-state index in [9.17, 15) is 9.18 Å². The minimum atomic E-state index is -0.720. The van der Waals surface area contributed by atoms with Gasteiger partial charge in [-0.15, -0.1) is 0 Å². The van der Waals surface area contributed by atoms with Crippen molar-refractivity contribution in [3.63, 3.8) is 0 Å². The normalized spacial score (nSPS) is 20.7. The molecule has 0 aromatic carbocycles. The first-order valence-electron chi connectivity index (χ1n) is 7.83. The standard InChI is InChI=1S/C20H27FO/c1-15(8-6-9-17(3)19(21)14-22)11-12-18-16(2)10-7-13-20(18,4)5/h6,8-9,11-12,14H,7,10,13H2,1-5H3/b9-6-,12-11+,15-8+,19-17-. The van der Waals surface area contributed by atoms with Crippen LogP contribution in [0.3, 0.4) is 0 Å². The SMILES string of the molecule is CC1=C(/C=C/C(C)=C/C=C\C(C)=C(/F)C=O)C(C)(C)CCC1. The molecule has 0 unspecified atom stereocenters. The van der Waals surface area contributed by atoms with Crippen LogP contribution in [-0.2, 0) is 4.79 Å². The molecule has 0 radical (unpaired) electrons. The van der Waals surface area contributed by atoms with Gasteiger partial charge in [-0.3, -0.25) is 4.79 Å². The molecule has 0 heterocycles. The van der Waals surface area contributed by atoms with Crippen LogP contribution < -0.4 is 0 Å². The topological polar surface area (TPSA) is 17.1 Å². The van der Waals surface area contributed by atoms with E-state index in [4.69, 9.17) is 0 Å². The highest BCUT2D eigenvalue weighted by atomic mass is 19.1. The molecule has 0 spiro atoms. The molecule has 1 aliphatic carbocycles. The van der Waals surface area contributed by atoms with Gasteiger partial charge < -0.3 is 0 Å². The molecule has 0 saturated carbocycles. The molecular weight excluding hydrogens is 275 g/mol. The number of carbonyl (C=O) groups excluding carboxylic acids is 1. The summed E-state index contributed by atoms with van der Waals surface area (Å²) in [5.41, 5.74) is 4.58. The first kappa shape index (κ1) is 18.3. The quantitative estimate of drug-likeness (QED) is 0.345. The van der Waals surface area contributed by atoms with Gasteiger partial charge in [0.25, 0.3) is 0 Å². The van der Waals surface area contributed by atoms with Crippen molar-refractivity contribution < 1.29 is 9.18 Å². The predicted molar refractivity (Wildman–Crippen MR) is 92.2 cm³/mol. The maximum atomic E-state index is 13.0. The fourth-order valence-electron chi connectivity index (χ4n) is 2.80. The second-order valence-electron chi connectivity index (χ2n) is 6.68. The molecule has 0 aromatic heterocycles. The van der Waals surface area contributed by atoms with Gasteiger partial charge in [0.15, 0.2) is 12.1 Å². The molecule has 0 fully saturated rings. The van der Waals surface area contributed by atoms with Crippen LogP contribution in [0.25, 0.3) is 0 Å². The number of rotatable bonds is 5. The molecule has 120 valence electrons. The first-order valence-corrected chi connectivity index (χ1v) is 7.83. The maximum Gasteiger partial charge on any atom is 0.178 e. The van der Waals surface area contributed by atoms with Crippen molar-refractivity contribution in [1.29, 1.82) is 0 Å². The van der Waals surface area contributed by atoms with E-state index in [0.717, 1.165) is 5.57 Å². The summed E-state index contributed by atoms with van der Waals surface area (Å²) in [6.07, 6.45) is 13.5. The van der Waals surface area contributed by atoms with Crippen molar-refractivity contribution >= 4 is 6.29 Å². The Bertz CT molecular complexity index is 569. The van der Waals surface area contributed by atoms with Crippen molar-refractivity contribution in [3.8, 4) is 0 Å². The van der Waals surface area contributed by atoms with Crippen LogP contribution in [0.2, 0.25) is 0 Å². The van der Waals surface area contributed by atoms with Crippen LogP contribution in [0.5, 0.6) is 0 Å². The summed E-state index contributed by atoms with van der Waals surface area (Å²) in [7, 11) is 0. The van der Waals surface area contributed by atoms with E-state index in [-0.39, 0.29) is 11.7 Å². The van der Waals surface area contributed by atoms with E-state index in [1.807, 2.05) is 13.0 Å². The highest BCUT2D eigenvalue weighted by Crippen LogP contribution is 2.40. The summed E-state index contributed by atoms with van der Waals surface area (Å²) in [5.74, 6) is -0.720. The Morgan fingerprint density at radius 1 is 1.23 bits per heavy atom. The van der Waals surface area contributed by atoms with Crippen molar-refractivity contribution in [3.05, 3.63) is 58.5 Å². The van der Waals surface area contributed by atoms with Gasteiger partial charge in [-0.2, -0.15) is 0 Å². The molecule has 1 aliphatic rings. The molecule has 0 saturated heterocycles. The Hall–Kier alpha value is -1.70. The summed E-state index contributed by atoms with van der Waals surface area (Å²) in [4.78, 5) is 10.3. The van der Waals surface area contributed by atoms with E-state index in [1.54, 1.807) is 19.1 Å². The van der Waals surface area contributed by atoms with Crippen LogP contribution >= 0.6 is 0 Å². The molecule has 0 amide bonds. The van der Waals surface area contributed by atoms with Crippen molar-refractivity contribution in [2.24, 2.45) is 5.41 Å². The lowest BCUT2D eigenvalue weighted by molar-refractivity contribution is -0.106. The Kier molecular flexibility index (Phi) is 6.73. The second kappa shape index (κ2) is 8.07. The molecule has 1 nitrogen and oxygen atoms in total. The van der Waals surface area contributed by atoms with E-state index >= 15 is 0 Å². The largest absolute Gasteiger partial charge is 0.295 e. The van der Waals surface area contributed by atoms with E-state index in [1.165, 1.54) is 30.4 Å². The lowest BCUT2D eigenvalue weighted by Crippen LogP contribution is -2.19. The molecule has 0 bridgehead atoms. The smallest absolute Gasteiger partial charge is 0.178 e. The van der Waals surface area contributed by atoms with Crippen molar-refractivity contribution in [2.75, 3.05) is 0 Å². The molecule has 0 aliphatic heterocycles. The first-order chi connectivity index (χ1) is 10.3. The lowest BCUT2D eigenvalue weighted by Gasteiger charge is -2.32. The number of hydrogen-bond acceptors (Lipinski definition) is 1. The molecule has 0 atom stereocenters. The molecule has 0 N–H and O–H groups in total. The van der Waals surface area contributed by atoms with E-state index in [2.05, 4.69) is 32.9 Å². The number of aldehydes is 1. The zero-order valence-electron chi connectivity index (χ0n) is 14.4. The lowest BCUT2D eigenvalue weighted by atomic mass is 9.72. The molecular formula is C20H27FO. The Morgan fingerprint density at radius 2 is 1.91 bits per heavy atom. The van der Waals surface area contributed by atoms with Gasteiger partial charge in [0.05, 0.1) is 0 Å². The summed E-state index contributed by atoms with van der Waals surface area (Å²) in [6.45, 7) is 10.4. The summed E-state index contributed by atoms with van der Waals surface area (Å²) >= 11 is 0. The van der Waals surface area contributed by atoms with Crippen LogP contribution in [-0.4, -0.2) is 6.29 Å². The predicted octanol–water partition coefficient (Wildman–Crippen LogP) is 6.01. The van der Waals surface area contributed by atoms with Gasteiger partial charge in [-0.25, -0.2) is 4.39 Å². The van der Waals surface area contributed by atoms with Crippen LogP contribution in [0.4, 0.5) is 4.39 Å². The third-order valence-electron chi connectivity index (χ3n) is 4.24. The van der Waals surface area contributed by atoms with Gasteiger partial charge in [0.2, 0.25) is 0 Å². The van der Waals surface area contributed by atoms with E-state index < -0.39 is 5.83 Å². The van der Waals surface area contributed by atoms with Crippen molar-refractivity contribution in [2.45, 2.75) is 53.9 Å². The summed E-state index contributed by atoms with van der Waals surface area (Å²) in [5, 5.41) is 0. The Balaban J connectivity index is 2.84. The minimum absolute atomic E-state index is 0.233. The number of hydrogen-bond donors (Lipinski definition) is 0. The maximum absolute atomic E-state index is 13.0. The average molecular weight is 302 g/mol. The Labute approximate surface area is 134 Å². The monoisotopic (exact) mass is 302 g/mol. The van der Waals surface area contributed by atoms with Gasteiger partial charge in [0, 0.05) is 0 Å². The fourth-order valence-corrected chi connectivity index (χ4v) is 2.80. The summed E-state index contributed by atoms with van der Waals surface area (Å²) < 4.78 is 13.0. The van der Waals surface area contributed by atoms with Gasteiger partial charge >= 0.3 is 0 Å². The molecule has 1 rings (SSSR count). The third kappa shape index (κ3) is 5.25. The number of halogens is 1. The second-order valence-corrected chi connectivity index (χ2v) is 6.68. The van der Waals surface area contributed by atoms with Crippen LogP contribution in [0.1, 0.15) is 53.9 Å². The highest BCUT2D eigenvalue weighted by molar-refractivity contribution is 5.72.